The number of rotatable bonds is 6. The van der Waals surface area contributed by atoms with E-state index in [4.69, 9.17) is 4.74 Å². The molecule has 1 aromatic heterocycles. The van der Waals surface area contributed by atoms with Gasteiger partial charge in [0.1, 0.15) is 0 Å². The molecule has 150 valence electrons. The summed E-state index contributed by atoms with van der Waals surface area (Å²) >= 11 is 0. The molecule has 6 heteroatoms. The van der Waals surface area contributed by atoms with Gasteiger partial charge in [0, 0.05) is 49.0 Å². The van der Waals surface area contributed by atoms with Gasteiger partial charge in [-0.25, -0.2) is 0 Å². The van der Waals surface area contributed by atoms with E-state index < -0.39 is 6.10 Å². The Morgan fingerprint density at radius 3 is 2.24 bits per heavy atom. The lowest BCUT2D eigenvalue weighted by Crippen LogP contribution is -2.36. The van der Waals surface area contributed by atoms with Crippen molar-refractivity contribution in [2.45, 2.75) is 6.10 Å². The van der Waals surface area contributed by atoms with Crippen molar-refractivity contribution in [2.24, 2.45) is 0 Å². The number of morpholine rings is 1. The number of ether oxygens (including phenoxy) is 1. The molecule has 1 aliphatic rings. The van der Waals surface area contributed by atoms with Crippen LogP contribution >= 0.6 is 0 Å². The minimum Gasteiger partial charge on any atom is -0.387 e. The predicted molar refractivity (Wildman–Crippen MR) is 113 cm³/mol. The number of anilines is 1. The van der Waals surface area contributed by atoms with E-state index >= 15 is 0 Å². The first-order chi connectivity index (χ1) is 14.2. The lowest BCUT2D eigenvalue weighted by Gasteiger charge is -2.29. The van der Waals surface area contributed by atoms with Gasteiger partial charge in [0.05, 0.1) is 19.3 Å². The maximum absolute atomic E-state index is 12.4. The molecule has 0 radical (unpaired) electrons. The van der Waals surface area contributed by atoms with Gasteiger partial charge < -0.3 is 24.6 Å². The number of benzene rings is 2. The summed E-state index contributed by atoms with van der Waals surface area (Å²) in [5.41, 5.74) is 3.46. The molecule has 0 spiro atoms. The van der Waals surface area contributed by atoms with Crippen LogP contribution in [0.2, 0.25) is 0 Å². The third kappa shape index (κ3) is 4.67. The largest absolute Gasteiger partial charge is 0.387 e. The molecule has 1 atom stereocenters. The number of nitrogens with zero attached hydrogens (tertiary/aromatic N) is 2. The van der Waals surface area contributed by atoms with Crippen LogP contribution in [0.5, 0.6) is 0 Å². The Balaban J connectivity index is 1.31. The smallest absolute Gasteiger partial charge is 0.251 e. The van der Waals surface area contributed by atoms with Crippen molar-refractivity contribution in [1.82, 2.24) is 9.88 Å². The number of hydrogen-bond acceptors (Lipinski definition) is 4. The first kappa shape index (κ1) is 19.2. The zero-order chi connectivity index (χ0) is 20.1. The highest BCUT2D eigenvalue weighted by molar-refractivity contribution is 5.94. The Morgan fingerprint density at radius 1 is 0.966 bits per heavy atom. The van der Waals surface area contributed by atoms with Gasteiger partial charge in [-0.1, -0.05) is 12.1 Å². The topological polar surface area (TPSA) is 66.7 Å². The van der Waals surface area contributed by atoms with Crippen molar-refractivity contribution >= 4 is 11.6 Å². The van der Waals surface area contributed by atoms with Crippen LogP contribution in [0.15, 0.2) is 73.1 Å². The average Bonchev–Trinajstić information content (AvgIpc) is 3.33. The summed E-state index contributed by atoms with van der Waals surface area (Å²) in [4.78, 5) is 14.7. The molecular formula is C23H25N3O3. The fourth-order valence-electron chi connectivity index (χ4n) is 3.43. The molecule has 0 bridgehead atoms. The number of aromatic nitrogens is 1. The van der Waals surface area contributed by atoms with Gasteiger partial charge in [-0.15, -0.1) is 0 Å². The lowest BCUT2D eigenvalue weighted by atomic mass is 10.1. The minimum atomic E-state index is -0.753. The highest BCUT2D eigenvalue weighted by atomic mass is 16.5. The summed E-state index contributed by atoms with van der Waals surface area (Å²) in [6, 6.07) is 19.1. The second kappa shape index (κ2) is 8.94. The molecule has 4 rings (SSSR count). The number of aliphatic hydroxyl groups excluding tert-OH is 1. The second-order valence-corrected chi connectivity index (χ2v) is 7.05. The Hall–Kier alpha value is -3.09. The highest BCUT2D eigenvalue weighted by Crippen LogP contribution is 2.20. The van der Waals surface area contributed by atoms with Crippen LogP contribution < -0.4 is 10.2 Å². The summed E-state index contributed by atoms with van der Waals surface area (Å²) in [6.07, 6.45) is 3.16. The summed E-state index contributed by atoms with van der Waals surface area (Å²) in [7, 11) is 0. The molecule has 0 saturated carbocycles. The highest BCUT2D eigenvalue weighted by Gasteiger charge is 2.14. The van der Waals surface area contributed by atoms with E-state index in [1.54, 1.807) is 12.1 Å². The third-order valence-corrected chi connectivity index (χ3v) is 5.14. The summed E-state index contributed by atoms with van der Waals surface area (Å²) < 4.78 is 7.35. The normalized spacial score (nSPS) is 15.1. The Kier molecular flexibility index (Phi) is 5.93. The predicted octanol–water partition coefficient (Wildman–Crippen LogP) is 2.78. The molecule has 3 aromatic rings. The Labute approximate surface area is 170 Å². The standard InChI is InChI=1S/C23H25N3O3/c27-22(18-3-7-21(8-4-18)26-13-15-29-16-14-26)17-24-23(28)19-5-9-20(10-6-19)25-11-1-2-12-25/h1-12,22,27H,13-17H2,(H,24,28). The number of carbonyl (C=O) groups is 1. The zero-order valence-corrected chi connectivity index (χ0v) is 16.2. The van der Waals surface area contributed by atoms with Crippen LogP contribution in [0.3, 0.4) is 0 Å². The van der Waals surface area contributed by atoms with Crippen LogP contribution in [-0.4, -0.2) is 48.4 Å². The molecule has 1 unspecified atom stereocenters. The van der Waals surface area contributed by atoms with Crippen LogP contribution in [0, 0.1) is 0 Å². The van der Waals surface area contributed by atoms with Crippen molar-refractivity contribution in [3.8, 4) is 5.69 Å². The van der Waals surface area contributed by atoms with E-state index in [1.807, 2.05) is 65.5 Å². The first-order valence-electron chi connectivity index (χ1n) is 9.83. The maximum Gasteiger partial charge on any atom is 0.251 e. The molecule has 1 fully saturated rings. The van der Waals surface area contributed by atoms with E-state index in [0.717, 1.165) is 43.2 Å². The number of carbonyl (C=O) groups excluding carboxylic acids is 1. The van der Waals surface area contributed by atoms with Gasteiger partial charge >= 0.3 is 0 Å². The molecule has 2 aromatic carbocycles. The quantitative estimate of drug-likeness (QED) is 0.678. The van der Waals surface area contributed by atoms with Gasteiger partial charge in [-0.05, 0) is 54.1 Å². The van der Waals surface area contributed by atoms with Crippen molar-refractivity contribution < 1.29 is 14.6 Å². The molecule has 1 saturated heterocycles. The molecule has 2 N–H and O–H groups in total. The SMILES string of the molecule is O=C(NCC(O)c1ccc(N2CCOCC2)cc1)c1ccc(-n2cccc2)cc1. The third-order valence-electron chi connectivity index (χ3n) is 5.14. The minimum absolute atomic E-state index is 0.162. The fraction of sp³-hybridized carbons (Fsp3) is 0.261. The van der Waals surface area contributed by atoms with E-state index in [9.17, 15) is 9.90 Å². The van der Waals surface area contributed by atoms with Gasteiger partial charge in [0.25, 0.3) is 5.91 Å². The van der Waals surface area contributed by atoms with Gasteiger partial charge in [0.15, 0.2) is 0 Å². The Morgan fingerprint density at radius 2 is 1.59 bits per heavy atom. The summed E-state index contributed by atoms with van der Waals surface area (Å²) in [6.45, 7) is 3.39. The van der Waals surface area contributed by atoms with E-state index in [0.29, 0.717) is 5.56 Å². The molecular weight excluding hydrogens is 366 g/mol. The molecule has 0 aliphatic carbocycles. The van der Waals surface area contributed by atoms with Gasteiger partial charge in [0.2, 0.25) is 0 Å². The number of hydrogen-bond donors (Lipinski definition) is 2. The van der Waals surface area contributed by atoms with E-state index in [2.05, 4.69) is 10.2 Å². The van der Waals surface area contributed by atoms with Gasteiger partial charge in [-0.3, -0.25) is 4.79 Å². The van der Waals surface area contributed by atoms with Crippen LogP contribution in [0.1, 0.15) is 22.0 Å². The van der Waals surface area contributed by atoms with Crippen LogP contribution in [-0.2, 0) is 4.74 Å². The molecule has 1 aliphatic heterocycles. The maximum atomic E-state index is 12.4. The monoisotopic (exact) mass is 391 g/mol. The van der Waals surface area contributed by atoms with Crippen molar-refractivity contribution in [1.29, 1.82) is 0 Å². The summed E-state index contributed by atoms with van der Waals surface area (Å²) in [5, 5.41) is 13.2. The first-order valence-corrected chi connectivity index (χ1v) is 9.83. The Bertz CT molecular complexity index is 915. The number of amides is 1. The number of aliphatic hydroxyl groups is 1. The van der Waals surface area contributed by atoms with Crippen molar-refractivity contribution in [2.75, 3.05) is 37.7 Å². The second-order valence-electron chi connectivity index (χ2n) is 7.05. The van der Waals surface area contributed by atoms with E-state index in [-0.39, 0.29) is 12.5 Å². The molecule has 29 heavy (non-hydrogen) atoms. The van der Waals surface area contributed by atoms with Crippen LogP contribution in [0.4, 0.5) is 5.69 Å². The zero-order valence-electron chi connectivity index (χ0n) is 16.2. The van der Waals surface area contributed by atoms with Crippen LogP contribution in [0.25, 0.3) is 5.69 Å². The number of nitrogens with one attached hydrogen (secondary N) is 1. The molecule has 1 amide bonds. The summed E-state index contributed by atoms with van der Waals surface area (Å²) in [5.74, 6) is -0.201. The lowest BCUT2D eigenvalue weighted by molar-refractivity contribution is 0.0916. The average molecular weight is 391 g/mol. The van der Waals surface area contributed by atoms with Crippen molar-refractivity contribution in [3.05, 3.63) is 84.2 Å². The molecule has 6 nitrogen and oxygen atoms in total. The van der Waals surface area contributed by atoms with Gasteiger partial charge in [-0.2, -0.15) is 0 Å². The fourth-order valence-corrected chi connectivity index (χ4v) is 3.43. The molecule has 2 heterocycles. The van der Waals surface area contributed by atoms with Crippen molar-refractivity contribution in [3.63, 3.8) is 0 Å². The van der Waals surface area contributed by atoms with E-state index in [1.165, 1.54) is 0 Å².